The van der Waals surface area contributed by atoms with Crippen molar-refractivity contribution in [1.82, 2.24) is 24.8 Å². The van der Waals surface area contributed by atoms with Crippen molar-refractivity contribution in [3.05, 3.63) is 84.7 Å². The molecule has 3 heterocycles. The second-order valence-electron chi connectivity index (χ2n) is 7.82. The molecule has 2 aromatic carbocycles. The van der Waals surface area contributed by atoms with Gasteiger partial charge in [-0.1, -0.05) is 12.1 Å². The number of carbonyl (C=O) groups is 1. The number of fused-ring (bicyclic) bond motifs is 1. The van der Waals surface area contributed by atoms with Gasteiger partial charge in [0.2, 0.25) is 0 Å². The summed E-state index contributed by atoms with van der Waals surface area (Å²) in [4.78, 5) is 17.1. The van der Waals surface area contributed by atoms with Crippen LogP contribution in [-0.2, 0) is 0 Å². The molecule has 9 nitrogen and oxygen atoms in total. The largest absolute Gasteiger partial charge is 0.490 e. The molecule has 3 aromatic heterocycles. The summed E-state index contributed by atoms with van der Waals surface area (Å²) in [6.07, 6.45) is 3.43. The van der Waals surface area contributed by atoms with Crippen LogP contribution in [0.1, 0.15) is 24.2 Å². The molecule has 0 saturated heterocycles. The third-order valence-corrected chi connectivity index (χ3v) is 5.40. The quantitative estimate of drug-likeness (QED) is 0.337. The lowest BCUT2D eigenvalue weighted by atomic mass is 10.1. The Morgan fingerprint density at radius 1 is 0.889 bits per heavy atom. The predicted molar refractivity (Wildman–Crippen MR) is 136 cm³/mol. The van der Waals surface area contributed by atoms with Crippen LogP contribution in [0, 0.1) is 0 Å². The highest BCUT2D eigenvalue weighted by molar-refractivity contribution is 6.05. The Balaban J connectivity index is 1.41. The first kappa shape index (κ1) is 23.0. The molecule has 0 radical (unpaired) electrons. The molecule has 0 saturated carbocycles. The number of anilines is 1. The molecule has 9 heteroatoms. The Labute approximate surface area is 207 Å². The van der Waals surface area contributed by atoms with Gasteiger partial charge < -0.3 is 14.8 Å². The zero-order chi connectivity index (χ0) is 24.9. The minimum absolute atomic E-state index is 0.253. The molecule has 0 aliphatic rings. The van der Waals surface area contributed by atoms with Crippen LogP contribution in [0.2, 0.25) is 0 Å². The van der Waals surface area contributed by atoms with Gasteiger partial charge in [-0.3, -0.25) is 9.78 Å². The van der Waals surface area contributed by atoms with Gasteiger partial charge in [0, 0.05) is 34.8 Å². The smallest absolute Gasteiger partial charge is 0.255 e. The van der Waals surface area contributed by atoms with E-state index in [9.17, 15) is 4.79 Å². The van der Waals surface area contributed by atoms with Crippen molar-refractivity contribution < 1.29 is 14.3 Å². The van der Waals surface area contributed by atoms with Gasteiger partial charge in [-0.05, 0) is 68.4 Å². The van der Waals surface area contributed by atoms with Crippen LogP contribution in [0.3, 0.4) is 0 Å². The minimum atomic E-state index is -0.253. The molecule has 0 unspecified atom stereocenters. The summed E-state index contributed by atoms with van der Waals surface area (Å²) in [5.41, 5.74) is 4.10. The maximum atomic E-state index is 13.0. The number of nitrogens with zero attached hydrogens (tertiary/aromatic N) is 5. The lowest BCUT2D eigenvalue weighted by molar-refractivity contribution is 0.102. The molecule has 0 bridgehead atoms. The van der Waals surface area contributed by atoms with Gasteiger partial charge in [-0.15, -0.1) is 10.2 Å². The second-order valence-corrected chi connectivity index (χ2v) is 7.82. The van der Waals surface area contributed by atoms with E-state index in [-0.39, 0.29) is 5.91 Å². The molecule has 5 aromatic rings. The first-order valence-electron chi connectivity index (χ1n) is 11.6. The fourth-order valence-corrected chi connectivity index (χ4v) is 3.77. The summed E-state index contributed by atoms with van der Waals surface area (Å²) in [6.45, 7) is 4.77. The molecule has 5 rings (SSSR count). The van der Waals surface area contributed by atoms with Crippen molar-refractivity contribution in [1.29, 1.82) is 0 Å². The van der Waals surface area contributed by atoms with Gasteiger partial charge in [0.05, 0.1) is 18.9 Å². The van der Waals surface area contributed by atoms with E-state index in [2.05, 4.69) is 20.5 Å². The van der Waals surface area contributed by atoms with Gasteiger partial charge in [0.15, 0.2) is 23.0 Å². The predicted octanol–water partition coefficient (Wildman–Crippen LogP) is 4.90. The topological polar surface area (TPSA) is 104 Å². The standard InChI is InChI=1S/C27H24N6O3/c1-3-35-23-12-10-19(16-24(23)36-4-2)27(34)29-21-9-5-7-18(15-21)22-11-13-25-30-31-26(33(25)32-22)20-8-6-14-28-17-20/h5-17H,3-4H2,1-2H3,(H,29,34). The average Bonchev–Trinajstić information content (AvgIpc) is 3.34. The molecular weight excluding hydrogens is 456 g/mol. The van der Waals surface area contributed by atoms with Gasteiger partial charge >= 0.3 is 0 Å². The number of rotatable bonds is 8. The second kappa shape index (κ2) is 10.2. The van der Waals surface area contributed by atoms with Crippen molar-refractivity contribution in [3.8, 4) is 34.1 Å². The monoisotopic (exact) mass is 480 g/mol. The van der Waals surface area contributed by atoms with E-state index in [1.807, 2.05) is 62.4 Å². The van der Waals surface area contributed by atoms with Crippen molar-refractivity contribution in [3.63, 3.8) is 0 Å². The van der Waals surface area contributed by atoms with E-state index in [0.717, 1.165) is 11.1 Å². The maximum absolute atomic E-state index is 13.0. The number of benzene rings is 2. The van der Waals surface area contributed by atoms with Crippen LogP contribution in [0.4, 0.5) is 5.69 Å². The summed E-state index contributed by atoms with van der Waals surface area (Å²) in [5.74, 6) is 1.50. The Bertz CT molecular complexity index is 1520. The highest BCUT2D eigenvalue weighted by Gasteiger charge is 2.14. The molecule has 0 spiro atoms. The van der Waals surface area contributed by atoms with E-state index >= 15 is 0 Å². The van der Waals surface area contributed by atoms with E-state index < -0.39 is 0 Å². The van der Waals surface area contributed by atoms with Crippen LogP contribution in [0.25, 0.3) is 28.3 Å². The maximum Gasteiger partial charge on any atom is 0.255 e. The number of aromatic nitrogens is 5. The van der Waals surface area contributed by atoms with Gasteiger partial charge in [0.1, 0.15) is 0 Å². The van der Waals surface area contributed by atoms with Crippen LogP contribution < -0.4 is 14.8 Å². The first-order chi connectivity index (χ1) is 17.7. The van der Waals surface area contributed by atoms with Crippen molar-refractivity contribution in [2.75, 3.05) is 18.5 Å². The van der Waals surface area contributed by atoms with Crippen LogP contribution in [-0.4, -0.2) is 43.9 Å². The molecule has 36 heavy (non-hydrogen) atoms. The lowest BCUT2D eigenvalue weighted by Crippen LogP contribution is -2.12. The number of carbonyl (C=O) groups excluding carboxylic acids is 1. The molecule has 0 aliphatic heterocycles. The van der Waals surface area contributed by atoms with Crippen molar-refractivity contribution in [2.24, 2.45) is 0 Å². The summed E-state index contributed by atoms with van der Waals surface area (Å²) >= 11 is 0. The summed E-state index contributed by atoms with van der Waals surface area (Å²) in [6, 6.07) is 20.1. The van der Waals surface area contributed by atoms with E-state index in [1.54, 1.807) is 35.1 Å². The molecule has 180 valence electrons. The van der Waals surface area contributed by atoms with Crippen LogP contribution >= 0.6 is 0 Å². The third-order valence-electron chi connectivity index (χ3n) is 5.40. The highest BCUT2D eigenvalue weighted by atomic mass is 16.5. The number of pyridine rings is 1. The normalized spacial score (nSPS) is 10.8. The Hall–Kier alpha value is -4.79. The molecule has 1 amide bonds. The van der Waals surface area contributed by atoms with Gasteiger partial charge in [-0.2, -0.15) is 9.61 Å². The average molecular weight is 481 g/mol. The zero-order valence-corrected chi connectivity index (χ0v) is 19.9. The Kier molecular flexibility index (Phi) is 6.53. The van der Waals surface area contributed by atoms with Gasteiger partial charge in [0.25, 0.3) is 5.91 Å². The lowest BCUT2D eigenvalue weighted by Gasteiger charge is -2.13. The third kappa shape index (κ3) is 4.72. The SMILES string of the molecule is CCOc1ccc(C(=O)Nc2cccc(-c3ccc4nnc(-c5cccnc5)n4n3)c2)cc1OCC. The summed E-state index contributed by atoms with van der Waals surface area (Å²) in [7, 11) is 0. The van der Waals surface area contributed by atoms with E-state index in [4.69, 9.17) is 14.6 Å². The summed E-state index contributed by atoms with van der Waals surface area (Å²) in [5, 5.41) is 16.2. The minimum Gasteiger partial charge on any atom is -0.490 e. The number of hydrogen-bond donors (Lipinski definition) is 1. The van der Waals surface area contributed by atoms with Crippen molar-refractivity contribution in [2.45, 2.75) is 13.8 Å². The van der Waals surface area contributed by atoms with E-state index in [1.165, 1.54) is 0 Å². The molecule has 0 fully saturated rings. The zero-order valence-electron chi connectivity index (χ0n) is 19.9. The number of nitrogens with one attached hydrogen (secondary N) is 1. The molecular formula is C27H24N6O3. The summed E-state index contributed by atoms with van der Waals surface area (Å²) < 4.78 is 12.9. The first-order valence-corrected chi connectivity index (χ1v) is 11.6. The van der Waals surface area contributed by atoms with Crippen LogP contribution in [0.15, 0.2) is 79.1 Å². The van der Waals surface area contributed by atoms with Crippen LogP contribution in [0.5, 0.6) is 11.5 Å². The fourth-order valence-electron chi connectivity index (χ4n) is 3.77. The Morgan fingerprint density at radius 3 is 2.53 bits per heavy atom. The highest BCUT2D eigenvalue weighted by Crippen LogP contribution is 2.29. The number of amides is 1. The number of ether oxygens (including phenoxy) is 2. The van der Waals surface area contributed by atoms with E-state index in [0.29, 0.717) is 53.1 Å². The molecule has 0 atom stereocenters. The molecule has 0 aliphatic carbocycles. The number of hydrogen-bond acceptors (Lipinski definition) is 7. The van der Waals surface area contributed by atoms with Crippen molar-refractivity contribution >= 4 is 17.2 Å². The fraction of sp³-hybridized carbons (Fsp3) is 0.148. The molecule has 1 N–H and O–H groups in total. The van der Waals surface area contributed by atoms with Gasteiger partial charge in [-0.25, -0.2) is 0 Å². The Morgan fingerprint density at radius 2 is 1.72 bits per heavy atom.